The Morgan fingerprint density at radius 2 is 1.76 bits per heavy atom. The van der Waals surface area contributed by atoms with Gasteiger partial charge in [-0.2, -0.15) is 0 Å². The van der Waals surface area contributed by atoms with Gasteiger partial charge in [-0.15, -0.1) is 11.8 Å². The fraction of sp³-hybridized carbons (Fsp3) is 0.619. The molecule has 33 heavy (non-hydrogen) atoms. The van der Waals surface area contributed by atoms with Crippen LogP contribution in [0, 0.1) is 0 Å². The van der Waals surface area contributed by atoms with Gasteiger partial charge in [0.1, 0.15) is 29.6 Å². The number of aromatic nitrogens is 4. The number of unbranched alkanes of at least 4 members (excludes halogenated alkanes) is 2. The number of carbonyl (C=O) groups excluding carboxylic acids is 3. The minimum atomic E-state index is -1.00. The lowest BCUT2D eigenvalue weighted by atomic mass is 10.1. The van der Waals surface area contributed by atoms with E-state index in [-0.39, 0.29) is 6.61 Å². The predicted octanol–water partition coefficient (Wildman–Crippen LogP) is 2.43. The quantitative estimate of drug-likeness (QED) is 0.163. The van der Waals surface area contributed by atoms with E-state index in [0.29, 0.717) is 11.2 Å². The van der Waals surface area contributed by atoms with Gasteiger partial charge in [-0.3, -0.25) is 19.0 Å². The first kappa shape index (κ1) is 24.9. The van der Waals surface area contributed by atoms with Gasteiger partial charge in [-0.1, -0.05) is 19.8 Å². The average molecular weight is 481 g/mol. The van der Waals surface area contributed by atoms with E-state index in [1.54, 1.807) is 16.3 Å². The molecule has 1 aliphatic heterocycles. The van der Waals surface area contributed by atoms with Crippen molar-refractivity contribution in [2.45, 2.75) is 76.5 Å². The van der Waals surface area contributed by atoms with Crippen molar-refractivity contribution in [1.29, 1.82) is 0 Å². The number of hydrogen-bond donors (Lipinski definition) is 0. The van der Waals surface area contributed by atoms with Crippen LogP contribution in [0.3, 0.4) is 0 Å². The summed E-state index contributed by atoms with van der Waals surface area (Å²) in [5, 5.41) is 0.741. The molecule has 0 aliphatic carbocycles. The summed E-state index contributed by atoms with van der Waals surface area (Å²) in [7, 11) is 0. The summed E-state index contributed by atoms with van der Waals surface area (Å²) >= 11 is 1.60. The largest absolute Gasteiger partial charge is 0.463 e. The van der Waals surface area contributed by atoms with E-state index < -0.39 is 42.4 Å². The van der Waals surface area contributed by atoms with E-state index in [0.717, 1.165) is 30.0 Å². The Bertz CT molecular complexity index is 998. The normalized spacial score (nSPS) is 22.3. The summed E-state index contributed by atoms with van der Waals surface area (Å²) in [4.78, 5) is 48.1. The molecule has 0 aromatic carbocycles. The highest BCUT2D eigenvalue weighted by atomic mass is 32.2. The van der Waals surface area contributed by atoms with Crippen molar-refractivity contribution in [1.82, 2.24) is 19.5 Å². The highest BCUT2D eigenvalue weighted by Gasteiger charge is 2.51. The number of thioether (sulfide) groups is 1. The second-order valence-electron chi connectivity index (χ2n) is 7.57. The molecule has 2 aromatic heterocycles. The van der Waals surface area contributed by atoms with Gasteiger partial charge >= 0.3 is 17.9 Å². The molecule has 3 heterocycles. The van der Waals surface area contributed by atoms with Crippen LogP contribution in [0.15, 0.2) is 17.7 Å². The molecule has 0 unspecified atom stereocenters. The Balaban J connectivity index is 1.93. The van der Waals surface area contributed by atoms with E-state index in [2.05, 4.69) is 21.9 Å². The van der Waals surface area contributed by atoms with Gasteiger partial charge in [0.15, 0.2) is 24.1 Å². The first-order valence-corrected chi connectivity index (χ1v) is 11.7. The summed E-state index contributed by atoms with van der Waals surface area (Å²) in [5.74, 6) is -0.775. The van der Waals surface area contributed by atoms with E-state index in [1.807, 2.05) is 0 Å². The molecule has 0 spiro atoms. The third-order valence-electron chi connectivity index (χ3n) is 4.93. The predicted molar refractivity (Wildman–Crippen MR) is 117 cm³/mol. The maximum absolute atomic E-state index is 11.9. The number of rotatable bonds is 10. The molecule has 2 aromatic rings. The van der Waals surface area contributed by atoms with Crippen LogP contribution in [-0.4, -0.2) is 68.1 Å². The minimum Gasteiger partial charge on any atom is -0.463 e. The van der Waals surface area contributed by atoms with E-state index in [9.17, 15) is 14.4 Å². The van der Waals surface area contributed by atoms with Crippen LogP contribution in [0.25, 0.3) is 11.2 Å². The molecule has 0 bridgehead atoms. The Hall–Kier alpha value is -2.73. The molecule has 1 aliphatic rings. The van der Waals surface area contributed by atoms with Gasteiger partial charge in [0.2, 0.25) is 0 Å². The average Bonchev–Trinajstić information content (AvgIpc) is 3.31. The van der Waals surface area contributed by atoms with Crippen molar-refractivity contribution in [3.05, 3.63) is 12.7 Å². The number of fused-ring (bicyclic) bond motifs is 1. The van der Waals surface area contributed by atoms with Crippen LogP contribution >= 0.6 is 11.8 Å². The van der Waals surface area contributed by atoms with Crippen LogP contribution < -0.4 is 0 Å². The van der Waals surface area contributed by atoms with Crippen molar-refractivity contribution >= 4 is 40.8 Å². The van der Waals surface area contributed by atoms with Gasteiger partial charge < -0.3 is 18.9 Å². The molecule has 1 fully saturated rings. The van der Waals surface area contributed by atoms with Gasteiger partial charge in [-0.05, 0) is 12.2 Å². The highest BCUT2D eigenvalue weighted by Crippen LogP contribution is 2.36. The number of hydrogen-bond acceptors (Lipinski definition) is 11. The molecule has 1 saturated heterocycles. The number of esters is 3. The molecule has 3 rings (SSSR count). The Morgan fingerprint density at radius 3 is 2.42 bits per heavy atom. The zero-order chi connectivity index (χ0) is 24.0. The summed E-state index contributed by atoms with van der Waals surface area (Å²) in [6, 6.07) is 0. The number of nitrogens with zero attached hydrogens (tertiary/aromatic N) is 4. The first-order chi connectivity index (χ1) is 15.8. The second-order valence-corrected chi connectivity index (χ2v) is 8.66. The monoisotopic (exact) mass is 480 g/mol. The number of carbonyl (C=O) groups is 3. The fourth-order valence-electron chi connectivity index (χ4n) is 3.56. The summed E-state index contributed by atoms with van der Waals surface area (Å²) in [6.45, 7) is 5.72. The lowest BCUT2D eigenvalue weighted by Gasteiger charge is -2.23. The van der Waals surface area contributed by atoms with Crippen molar-refractivity contribution < 1.29 is 33.3 Å². The lowest BCUT2D eigenvalue weighted by molar-refractivity contribution is -0.166. The van der Waals surface area contributed by atoms with Crippen LogP contribution in [0.1, 0.15) is 53.2 Å². The van der Waals surface area contributed by atoms with Crippen LogP contribution in [0.2, 0.25) is 0 Å². The van der Waals surface area contributed by atoms with Gasteiger partial charge in [0.05, 0.1) is 6.33 Å². The van der Waals surface area contributed by atoms with Gasteiger partial charge in [0.25, 0.3) is 0 Å². The van der Waals surface area contributed by atoms with Crippen molar-refractivity contribution in [3.63, 3.8) is 0 Å². The lowest BCUT2D eigenvalue weighted by Crippen LogP contribution is -2.40. The maximum Gasteiger partial charge on any atom is 0.303 e. The zero-order valence-corrected chi connectivity index (χ0v) is 19.9. The second kappa shape index (κ2) is 11.4. The first-order valence-electron chi connectivity index (χ1n) is 10.7. The van der Waals surface area contributed by atoms with E-state index >= 15 is 0 Å². The molecular formula is C21H28N4O7S. The molecule has 4 atom stereocenters. The van der Waals surface area contributed by atoms with Gasteiger partial charge in [-0.25, -0.2) is 15.0 Å². The Kier molecular flexibility index (Phi) is 8.61. The molecule has 11 nitrogen and oxygen atoms in total. The van der Waals surface area contributed by atoms with Crippen molar-refractivity contribution in [2.24, 2.45) is 0 Å². The molecule has 0 N–H and O–H groups in total. The Labute approximate surface area is 195 Å². The van der Waals surface area contributed by atoms with Crippen LogP contribution in [0.4, 0.5) is 0 Å². The summed E-state index contributed by atoms with van der Waals surface area (Å²) in [5.41, 5.74) is 1.08. The smallest absolute Gasteiger partial charge is 0.303 e. The fourth-order valence-corrected chi connectivity index (χ4v) is 4.50. The standard InChI is InChI=1S/C21H28N4O7S/c1-5-6-7-8-33-20-16-19(22-10-23-20)25(11-24-16)21-18(31-14(4)28)17(30-13(3)27)15(32-21)9-29-12(2)26/h10-11,15,17-18,21H,5-9H2,1-4H3/t15-,17-,18-,21-/m1/s1. The van der Waals surface area contributed by atoms with E-state index in [4.69, 9.17) is 18.9 Å². The SMILES string of the molecule is CCCCCSc1ncnc2c1ncn2[C@@H]1O[C@H](COC(C)=O)[C@@H](OC(C)=O)[C@H]1OC(C)=O. The topological polar surface area (TPSA) is 132 Å². The molecule has 0 radical (unpaired) electrons. The molecule has 180 valence electrons. The molecule has 0 amide bonds. The number of imidazole rings is 1. The number of ether oxygens (including phenoxy) is 4. The third kappa shape index (κ3) is 6.20. The minimum absolute atomic E-state index is 0.179. The molecular weight excluding hydrogens is 452 g/mol. The summed E-state index contributed by atoms with van der Waals surface area (Å²) < 4.78 is 23.7. The van der Waals surface area contributed by atoms with Gasteiger partial charge in [0, 0.05) is 20.8 Å². The van der Waals surface area contributed by atoms with E-state index in [1.165, 1.54) is 33.4 Å². The molecule has 12 heteroatoms. The zero-order valence-electron chi connectivity index (χ0n) is 19.1. The Morgan fingerprint density at radius 1 is 1.03 bits per heavy atom. The van der Waals surface area contributed by atoms with Crippen LogP contribution in [0.5, 0.6) is 0 Å². The van der Waals surface area contributed by atoms with Crippen molar-refractivity contribution in [2.75, 3.05) is 12.4 Å². The maximum atomic E-state index is 11.9. The highest BCUT2D eigenvalue weighted by molar-refractivity contribution is 7.99. The molecule has 0 saturated carbocycles. The summed E-state index contributed by atoms with van der Waals surface area (Å²) in [6.07, 6.45) is 2.55. The third-order valence-corrected chi connectivity index (χ3v) is 5.99. The van der Waals surface area contributed by atoms with Crippen LogP contribution in [-0.2, 0) is 33.3 Å². The van der Waals surface area contributed by atoms with Crippen molar-refractivity contribution in [3.8, 4) is 0 Å².